The number of benzene rings is 1. The summed E-state index contributed by atoms with van der Waals surface area (Å²) in [7, 11) is 0. The number of aliphatic hydroxyl groups is 10. The number of allylic oxidation sites excluding steroid dienone is 12. The van der Waals surface area contributed by atoms with Crippen LogP contribution in [0.3, 0.4) is 0 Å². The smallest absolute Gasteiger partial charge is 0.311 e. The van der Waals surface area contributed by atoms with E-state index in [2.05, 4.69) is 5.32 Å². The summed E-state index contributed by atoms with van der Waals surface area (Å²) in [6.45, 7) is 12.5. The van der Waals surface area contributed by atoms with Gasteiger partial charge in [0.25, 0.3) is 5.91 Å². The zero-order chi connectivity index (χ0) is 60.6. The first-order valence-electron chi connectivity index (χ1n) is 28.3. The Bertz CT molecular complexity index is 2470. The summed E-state index contributed by atoms with van der Waals surface area (Å²) >= 11 is 0. The van der Waals surface area contributed by atoms with Crippen LogP contribution >= 0.6 is 0 Å². The number of imide groups is 1. The maximum absolute atomic E-state index is 14.0. The number of esters is 1. The second-order valence-corrected chi connectivity index (χ2v) is 23.3. The Morgan fingerprint density at radius 2 is 1.27 bits per heavy atom. The van der Waals surface area contributed by atoms with Crippen molar-refractivity contribution in [3.8, 4) is 0 Å². The Morgan fingerprint density at radius 3 is 1.88 bits per heavy atom. The second kappa shape index (κ2) is 31.2. The van der Waals surface area contributed by atoms with Gasteiger partial charge in [0.2, 0.25) is 5.91 Å². The molecule has 1 aromatic carbocycles. The molecule has 2 bridgehead atoms. The van der Waals surface area contributed by atoms with Crippen molar-refractivity contribution in [2.75, 3.05) is 4.90 Å². The molecule has 4 aliphatic heterocycles. The quantitative estimate of drug-likeness (QED) is 0.144. The van der Waals surface area contributed by atoms with Crippen molar-refractivity contribution in [3.05, 3.63) is 115 Å². The first kappa shape index (κ1) is 67.7. The number of carbonyl (C=O) groups excluding carboxylic acids is 3. The molecular formula is C61H88N2O19. The number of amides is 2. The van der Waals surface area contributed by atoms with Crippen LogP contribution in [0, 0.1) is 17.8 Å². The fraction of sp³-hybridized carbons (Fsp3) is 0.607. The van der Waals surface area contributed by atoms with E-state index in [4.69, 9.17) is 18.9 Å². The summed E-state index contributed by atoms with van der Waals surface area (Å²) in [5.41, 5.74) is 0.728. The highest BCUT2D eigenvalue weighted by atomic mass is 16.7. The Balaban J connectivity index is 1.39. The highest BCUT2D eigenvalue weighted by molar-refractivity contribution is 6.22. The second-order valence-electron chi connectivity index (χ2n) is 23.3. The maximum Gasteiger partial charge on any atom is 0.311 e. The van der Waals surface area contributed by atoms with E-state index in [1.807, 2.05) is 45.9 Å². The van der Waals surface area contributed by atoms with Crippen molar-refractivity contribution in [3.63, 3.8) is 0 Å². The number of nitrogens with zero attached hydrogens (tertiary/aromatic N) is 1. The molecule has 0 saturated carbocycles. The third-order valence-corrected chi connectivity index (χ3v) is 15.5. The van der Waals surface area contributed by atoms with Gasteiger partial charge in [0, 0.05) is 37.5 Å². The standard InChI is InChI=1S/C61H88N2O19/c1-35-22-18-16-14-12-10-8-9-11-13-15-17-19-23-42(81-59-56(74)53(55(73)38(4)80-59)62-44-32-50(70)63(57(44)75)45-25-21-20-24-43(45)60(5,6)7)31-49-52(58(76)77)48(69)34-61(78,82-49)33-41(66)29-47(68)46(67)27-26-39(64)28-40(65)30-51(71)79-37(3)36(2)54(35)72/h8-25,35-42,44,46-49,52-56,59,62,64-69,72-74,78H,26-34H2,1-7H3,(H,76,77)/b9-8+,12-10+,13-11+,16-14+,17-15+,22-18+,23-19+/t35-,36-,37-,38-,39+,40+,41-,42-,44?,46+,47+,48-,49-,52+,53-,54+,55+,56-,59-,61+/m0/s1. The van der Waals surface area contributed by atoms with Crippen LogP contribution in [0.4, 0.5) is 5.69 Å². The van der Waals surface area contributed by atoms with Crippen molar-refractivity contribution in [2.45, 2.75) is 215 Å². The lowest BCUT2D eigenvalue weighted by atomic mass is 9.82. The van der Waals surface area contributed by atoms with Crippen molar-refractivity contribution in [1.29, 1.82) is 0 Å². The van der Waals surface area contributed by atoms with Crippen molar-refractivity contribution in [2.24, 2.45) is 17.8 Å². The van der Waals surface area contributed by atoms with E-state index >= 15 is 0 Å². The van der Waals surface area contributed by atoms with Gasteiger partial charge in [-0.1, -0.05) is 138 Å². The number of cyclic esters (lactones) is 1. The molecule has 0 spiro atoms. The van der Waals surface area contributed by atoms with Crippen molar-refractivity contribution >= 4 is 29.4 Å². The predicted molar refractivity (Wildman–Crippen MR) is 302 cm³/mol. The summed E-state index contributed by atoms with van der Waals surface area (Å²) in [6.07, 6.45) is 1.18. The molecule has 1 aromatic rings. The Hall–Kier alpha value is -5.08. The summed E-state index contributed by atoms with van der Waals surface area (Å²) in [4.78, 5) is 54.2. The molecule has 1 unspecified atom stereocenters. The molecule has 3 fully saturated rings. The van der Waals surface area contributed by atoms with Crippen LogP contribution in [0.5, 0.6) is 0 Å². The number of carbonyl (C=O) groups is 4. The molecule has 21 heteroatoms. The molecule has 0 aliphatic carbocycles. The van der Waals surface area contributed by atoms with Gasteiger partial charge in [0.1, 0.15) is 18.1 Å². The number of carboxylic acids is 1. The van der Waals surface area contributed by atoms with Gasteiger partial charge in [-0.05, 0) is 50.2 Å². The predicted octanol–water partition coefficient (Wildman–Crippen LogP) is 2.97. The van der Waals surface area contributed by atoms with E-state index in [0.29, 0.717) is 5.69 Å². The lowest BCUT2D eigenvalue weighted by Crippen LogP contribution is -2.65. The minimum atomic E-state index is -2.41. The van der Waals surface area contributed by atoms with Crippen LogP contribution in [-0.2, 0) is 43.5 Å². The van der Waals surface area contributed by atoms with E-state index < -0.39 is 177 Å². The maximum atomic E-state index is 14.0. The molecule has 2 amide bonds. The van der Waals surface area contributed by atoms with Gasteiger partial charge >= 0.3 is 11.9 Å². The molecule has 5 rings (SSSR count). The number of carboxylic acid groups (broad SMARTS) is 1. The first-order valence-corrected chi connectivity index (χ1v) is 28.3. The highest BCUT2D eigenvalue weighted by Crippen LogP contribution is 2.39. The summed E-state index contributed by atoms with van der Waals surface area (Å²) in [5, 5.41) is 125. The topological polar surface area (TPSA) is 343 Å². The molecular weight excluding hydrogens is 1060 g/mol. The van der Waals surface area contributed by atoms with Crippen LogP contribution in [0.15, 0.2) is 109 Å². The van der Waals surface area contributed by atoms with E-state index in [0.717, 1.165) is 10.5 Å². The van der Waals surface area contributed by atoms with Crippen molar-refractivity contribution in [1.82, 2.24) is 5.32 Å². The largest absolute Gasteiger partial charge is 0.481 e. The van der Waals surface area contributed by atoms with Crippen LogP contribution in [-0.4, -0.2) is 183 Å². The number of fused-ring (bicyclic) bond motifs is 2. The zero-order valence-electron chi connectivity index (χ0n) is 47.9. The summed E-state index contributed by atoms with van der Waals surface area (Å²) in [6, 6.07) is 4.55. The Morgan fingerprint density at radius 1 is 0.671 bits per heavy atom. The Labute approximate surface area is 480 Å². The van der Waals surface area contributed by atoms with Crippen LogP contribution in [0.25, 0.3) is 0 Å². The number of ether oxygens (including phenoxy) is 4. The number of hydrogen-bond donors (Lipinski definition) is 12. The third-order valence-electron chi connectivity index (χ3n) is 15.5. The highest BCUT2D eigenvalue weighted by Gasteiger charge is 2.52. The molecule has 456 valence electrons. The van der Waals surface area contributed by atoms with Crippen molar-refractivity contribution < 1.29 is 94.3 Å². The summed E-state index contributed by atoms with van der Waals surface area (Å²) in [5.74, 6) is -8.21. The molecule has 21 nitrogen and oxygen atoms in total. The summed E-state index contributed by atoms with van der Waals surface area (Å²) < 4.78 is 23.9. The molecule has 0 aromatic heterocycles. The number of anilines is 1. The molecule has 12 N–H and O–H groups in total. The fourth-order valence-corrected chi connectivity index (χ4v) is 10.7. The molecule has 4 heterocycles. The van der Waals surface area contributed by atoms with Crippen LogP contribution < -0.4 is 10.2 Å². The van der Waals surface area contributed by atoms with E-state index in [9.17, 15) is 75.3 Å². The lowest BCUT2D eigenvalue weighted by Gasteiger charge is -2.45. The Kier molecular flexibility index (Phi) is 25.7. The monoisotopic (exact) mass is 1150 g/mol. The fourth-order valence-electron chi connectivity index (χ4n) is 10.7. The van der Waals surface area contributed by atoms with Gasteiger partial charge in [-0.15, -0.1) is 0 Å². The number of para-hydroxylation sites is 1. The molecule has 4 aliphatic rings. The number of hydrogen-bond acceptors (Lipinski definition) is 19. The first-order chi connectivity index (χ1) is 38.6. The number of aliphatic carboxylic acids is 1. The average Bonchev–Trinajstić information content (AvgIpc) is 3.89. The van der Waals surface area contributed by atoms with Gasteiger partial charge in [-0.2, -0.15) is 0 Å². The minimum Gasteiger partial charge on any atom is -0.481 e. The average molecular weight is 1150 g/mol. The molecule has 3 saturated heterocycles. The number of rotatable bonds is 6. The van der Waals surface area contributed by atoms with Gasteiger partial charge in [-0.3, -0.25) is 24.5 Å². The molecule has 82 heavy (non-hydrogen) atoms. The zero-order valence-corrected chi connectivity index (χ0v) is 47.9. The van der Waals surface area contributed by atoms with E-state index in [1.54, 1.807) is 98.9 Å². The SMILES string of the molecule is C[C@@H]1[C@H](O)[C@@H](C)/C=C/C=C/C=C/C=C/C=C/C=C/C=C/[C@H](O[C@@H]2O[C@@H](C)[C@@H](O)[C@H](NC3CC(=O)N(c4ccccc4C(C)(C)C)C3=O)[C@@H]2O)C[C@@H]2O[C@](O)(C[C@@H](O)C[C@@H](O)[C@H](O)CC[C@@H](O)C[C@@H](O)CC(=O)O[C@H]1C)C[C@H](O)[C@H]2C(=O)O. The van der Waals surface area contributed by atoms with Gasteiger partial charge in [-0.25, -0.2) is 4.90 Å². The van der Waals surface area contributed by atoms with Gasteiger partial charge in [0.05, 0.1) is 97.8 Å². The van der Waals surface area contributed by atoms with Crippen LogP contribution in [0.2, 0.25) is 0 Å². The third kappa shape index (κ3) is 19.5. The van der Waals surface area contributed by atoms with Crippen LogP contribution in [0.1, 0.15) is 112 Å². The molecule has 0 radical (unpaired) electrons. The van der Waals surface area contributed by atoms with E-state index in [-0.39, 0.29) is 31.6 Å². The minimum absolute atomic E-state index is 0.136. The molecule has 20 atom stereocenters. The van der Waals surface area contributed by atoms with E-state index in [1.165, 1.54) is 13.0 Å². The normalized spacial score (nSPS) is 40.7. The number of aliphatic hydroxyl groups excluding tert-OH is 9. The van der Waals surface area contributed by atoms with Gasteiger partial charge in [0.15, 0.2) is 12.1 Å². The number of nitrogens with one attached hydrogen (secondary N) is 1. The van der Waals surface area contributed by atoms with Gasteiger partial charge < -0.3 is 75.1 Å². The lowest BCUT2D eigenvalue weighted by molar-refractivity contribution is -0.309.